The number of aromatic hydroxyl groups is 1. The van der Waals surface area contributed by atoms with Crippen LogP contribution in [0.4, 0.5) is 5.69 Å². The number of anilines is 1. The van der Waals surface area contributed by atoms with Crippen LogP contribution in [0.1, 0.15) is 19.4 Å². The lowest BCUT2D eigenvalue weighted by Gasteiger charge is -2.26. The van der Waals surface area contributed by atoms with Gasteiger partial charge >= 0.3 is 11.8 Å². The Balaban J connectivity index is 2.14. The topological polar surface area (TPSA) is 69.6 Å². The van der Waals surface area contributed by atoms with Gasteiger partial charge in [-0.3, -0.25) is 9.59 Å². The summed E-state index contributed by atoms with van der Waals surface area (Å²) >= 11 is 5.84. The van der Waals surface area contributed by atoms with E-state index in [0.29, 0.717) is 11.6 Å². The molecule has 0 spiro atoms. The average Bonchev–Trinajstić information content (AvgIpc) is 2.56. The van der Waals surface area contributed by atoms with E-state index in [1.807, 2.05) is 44.2 Å². The van der Waals surface area contributed by atoms with Crippen LogP contribution in [0.2, 0.25) is 5.02 Å². The summed E-state index contributed by atoms with van der Waals surface area (Å²) in [5.41, 5.74) is 1.03. The van der Waals surface area contributed by atoms with Gasteiger partial charge in [-0.25, -0.2) is 0 Å². The SMILES string of the molecule is CC(C)N(Cc1ccccc1)C(=O)C(=O)Nc1cc(Cl)ccc1O. The molecule has 0 atom stereocenters. The number of benzene rings is 2. The summed E-state index contributed by atoms with van der Waals surface area (Å²) in [6.45, 7) is 4.00. The fourth-order valence-electron chi connectivity index (χ4n) is 2.18. The van der Waals surface area contributed by atoms with Crippen molar-refractivity contribution >= 4 is 29.1 Å². The van der Waals surface area contributed by atoms with Crippen molar-refractivity contribution in [3.8, 4) is 5.75 Å². The van der Waals surface area contributed by atoms with Crippen LogP contribution in [0.3, 0.4) is 0 Å². The minimum Gasteiger partial charge on any atom is -0.506 e. The highest BCUT2D eigenvalue weighted by atomic mass is 35.5. The zero-order chi connectivity index (χ0) is 17.7. The van der Waals surface area contributed by atoms with E-state index in [1.54, 1.807) is 0 Å². The maximum atomic E-state index is 12.5. The smallest absolute Gasteiger partial charge is 0.314 e. The molecule has 6 heteroatoms. The summed E-state index contributed by atoms with van der Waals surface area (Å²) in [5, 5.41) is 12.5. The molecule has 2 aromatic carbocycles. The Hall–Kier alpha value is -2.53. The molecule has 2 amide bonds. The molecule has 5 nitrogen and oxygen atoms in total. The first kappa shape index (κ1) is 17.8. The van der Waals surface area contributed by atoms with Gasteiger partial charge in [0, 0.05) is 17.6 Å². The normalized spacial score (nSPS) is 10.5. The van der Waals surface area contributed by atoms with Crippen LogP contribution in [0.25, 0.3) is 0 Å². The Morgan fingerprint density at radius 1 is 1.17 bits per heavy atom. The van der Waals surface area contributed by atoms with Gasteiger partial charge < -0.3 is 15.3 Å². The van der Waals surface area contributed by atoms with Crippen LogP contribution in [-0.4, -0.2) is 27.9 Å². The first-order chi connectivity index (χ1) is 11.4. The van der Waals surface area contributed by atoms with Crippen molar-refractivity contribution in [3.63, 3.8) is 0 Å². The van der Waals surface area contributed by atoms with E-state index >= 15 is 0 Å². The molecule has 0 saturated carbocycles. The summed E-state index contributed by atoms with van der Waals surface area (Å²) in [7, 11) is 0. The fourth-order valence-corrected chi connectivity index (χ4v) is 2.36. The predicted molar refractivity (Wildman–Crippen MR) is 93.9 cm³/mol. The van der Waals surface area contributed by atoms with Gasteiger partial charge in [0.2, 0.25) is 0 Å². The third kappa shape index (κ3) is 4.49. The van der Waals surface area contributed by atoms with Crippen molar-refractivity contribution in [1.82, 2.24) is 4.90 Å². The number of carbonyl (C=O) groups excluding carboxylic acids is 2. The van der Waals surface area contributed by atoms with Crippen molar-refractivity contribution in [2.45, 2.75) is 26.4 Å². The Kier molecular flexibility index (Phi) is 5.82. The van der Waals surface area contributed by atoms with Crippen LogP contribution in [-0.2, 0) is 16.1 Å². The molecule has 0 aliphatic heterocycles. The molecule has 2 aromatic rings. The number of phenolic OH excluding ortho intramolecular Hbond substituents is 1. The molecule has 0 unspecified atom stereocenters. The summed E-state index contributed by atoms with van der Waals surface area (Å²) in [4.78, 5) is 26.2. The zero-order valence-corrected chi connectivity index (χ0v) is 14.2. The molecule has 0 heterocycles. The Labute approximate surface area is 145 Å². The number of rotatable bonds is 4. The molecular formula is C18H19ClN2O3. The fraction of sp³-hybridized carbons (Fsp3) is 0.222. The van der Waals surface area contributed by atoms with Crippen molar-refractivity contribution < 1.29 is 14.7 Å². The zero-order valence-electron chi connectivity index (χ0n) is 13.5. The number of phenols is 1. The molecule has 0 aliphatic carbocycles. The summed E-state index contributed by atoms with van der Waals surface area (Å²) in [6.07, 6.45) is 0. The van der Waals surface area contributed by atoms with E-state index < -0.39 is 11.8 Å². The quantitative estimate of drug-likeness (QED) is 0.658. The molecule has 0 aromatic heterocycles. The van der Waals surface area contributed by atoms with Crippen LogP contribution in [0.15, 0.2) is 48.5 Å². The minimum atomic E-state index is -0.822. The number of nitrogens with zero attached hydrogens (tertiary/aromatic N) is 1. The van der Waals surface area contributed by atoms with Gasteiger partial charge in [-0.1, -0.05) is 41.9 Å². The molecule has 0 radical (unpaired) electrons. The number of amides is 2. The Bertz CT molecular complexity index is 732. The van der Waals surface area contributed by atoms with Gasteiger partial charge in [0.05, 0.1) is 5.69 Å². The van der Waals surface area contributed by atoms with Gasteiger partial charge in [0.25, 0.3) is 0 Å². The highest BCUT2D eigenvalue weighted by Crippen LogP contribution is 2.26. The number of nitrogens with one attached hydrogen (secondary N) is 1. The molecule has 2 rings (SSSR count). The average molecular weight is 347 g/mol. The molecule has 24 heavy (non-hydrogen) atoms. The molecule has 0 bridgehead atoms. The van der Waals surface area contributed by atoms with Crippen molar-refractivity contribution in [3.05, 3.63) is 59.1 Å². The van der Waals surface area contributed by atoms with Crippen LogP contribution in [0, 0.1) is 0 Å². The van der Waals surface area contributed by atoms with E-state index in [9.17, 15) is 14.7 Å². The van der Waals surface area contributed by atoms with E-state index in [4.69, 9.17) is 11.6 Å². The van der Waals surface area contributed by atoms with Crippen LogP contribution < -0.4 is 5.32 Å². The molecule has 126 valence electrons. The summed E-state index contributed by atoms with van der Waals surface area (Å²) < 4.78 is 0. The lowest BCUT2D eigenvalue weighted by Crippen LogP contribution is -2.43. The summed E-state index contributed by atoms with van der Waals surface area (Å²) in [5.74, 6) is -1.65. The second-order valence-electron chi connectivity index (χ2n) is 5.63. The molecule has 0 fully saturated rings. The highest BCUT2D eigenvalue weighted by molar-refractivity contribution is 6.40. The molecular weight excluding hydrogens is 328 g/mol. The van der Waals surface area contributed by atoms with E-state index in [2.05, 4.69) is 5.32 Å². The number of carbonyl (C=O) groups is 2. The number of hydrogen-bond donors (Lipinski definition) is 2. The molecule has 0 saturated heterocycles. The Morgan fingerprint density at radius 3 is 2.46 bits per heavy atom. The second kappa shape index (κ2) is 7.84. The molecule has 2 N–H and O–H groups in total. The second-order valence-corrected chi connectivity index (χ2v) is 6.06. The van der Waals surface area contributed by atoms with Gasteiger partial charge in [-0.05, 0) is 37.6 Å². The van der Waals surface area contributed by atoms with Crippen molar-refractivity contribution in [1.29, 1.82) is 0 Å². The van der Waals surface area contributed by atoms with Gasteiger partial charge in [-0.2, -0.15) is 0 Å². The van der Waals surface area contributed by atoms with Crippen LogP contribution in [0.5, 0.6) is 5.75 Å². The maximum absolute atomic E-state index is 12.5. The minimum absolute atomic E-state index is 0.101. The Morgan fingerprint density at radius 2 is 1.83 bits per heavy atom. The van der Waals surface area contributed by atoms with E-state index in [0.717, 1.165) is 5.56 Å². The van der Waals surface area contributed by atoms with Crippen molar-refractivity contribution in [2.24, 2.45) is 0 Å². The van der Waals surface area contributed by atoms with Crippen LogP contribution >= 0.6 is 11.6 Å². The lowest BCUT2D eigenvalue weighted by molar-refractivity contribution is -0.144. The van der Waals surface area contributed by atoms with Gasteiger partial charge in [0.1, 0.15) is 5.75 Å². The third-order valence-corrected chi connectivity index (χ3v) is 3.72. The summed E-state index contributed by atoms with van der Waals surface area (Å²) in [6, 6.07) is 13.5. The third-order valence-electron chi connectivity index (χ3n) is 3.48. The lowest BCUT2D eigenvalue weighted by atomic mass is 10.2. The first-order valence-electron chi connectivity index (χ1n) is 7.53. The van der Waals surface area contributed by atoms with Gasteiger partial charge in [0.15, 0.2) is 0 Å². The van der Waals surface area contributed by atoms with E-state index in [1.165, 1.54) is 23.1 Å². The number of halogens is 1. The largest absolute Gasteiger partial charge is 0.506 e. The predicted octanol–water partition coefficient (Wildman–Crippen LogP) is 3.42. The maximum Gasteiger partial charge on any atom is 0.314 e. The van der Waals surface area contributed by atoms with Gasteiger partial charge in [-0.15, -0.1) is 0 Å². The first-order valence-corrected chi connectivity index (χ1v) is 7.90. The van der Waals surface area contributed by atoms with Crippen molar-refractivity contribution in [2.75, 3.05) is 5.32 Å². The van der Waals surface area contributed by atoms with E-state index in [-0.39, 0.29) is 17.5 Å². The standard InChI is InChI=1S/C18H19ClN2O3/c1-12(2)21(11-13-6-4-3-5-7-13)18(24)17(23)20-15-10-14(19)8-9-16(15)22/h3-10,12,22H,11H2,1-2H3,(H,20,23). The number of hydrogen-bond acceptors (Lipinski definition) is 3. The molecule has 0 aliphatic rings. The monoisotopic (exact) mass is 346 g/mol. The highest BCUT2D eigenvalue weighted by Gasteiger charge is 2.25.